The lowest BCUT2D eigenvalue weighted by Gasteiger charge is -2.26. The first-order valence-electron chi connectivity index (χ1n) is 8.96. The van der Waals surface area contributed by atoms with E-state index in [1.54, 1.807) is 6.92 Å². The molecule has 1 saturated heterocycles. The normalized spacial score (nSPS) is 15.1. The van der Waals surface area contributed by atoms with E-state index in [2.05, 4.69) is 5.32 Å². The lowest BCUT2D eigenvalue weighted by Crippen LogP contribution is -2.54. The summed E-state index contributed by atoms with van der Waals surface area (Å²) in [6.45, 7) is 1.73. The molecule has 2 aromatic rings. The van der Waals surface area contributed by atoms with Gasteiger partial charge in [0.05, 0.1) is 24.3 Å². The van der Waals surface area contributed by atoms with Gasteiger partial charge in [0, 0.05) is 6.07 Å². The number of urea groups is 1. The van der Waals surface area contributed by atoms with Crippen molar-refractivity contribution < 1.29 is 33.9 Å². The molecule has 11 heteroatoms. The lowest BCUT2D eigenvalue weighted by molar-refractivity contribution is -0.386. The second kappa shape index (κ2) is 8.53. The van der Waals surface area contributed by atoms with E-state index in [0.717, 1.165) is 17.0 Å². The number of carbonyl (C=O) groups is 3. The molecular weight excluding hydrogens is 410 g/mol. The van der Waals surface area contributed by atoms with Crippen molar-refractivity contribution in [3.05, 3.63) is 57.6 Å². The number of nitro benzene ring substituents is 1. The predicted octanol–water partition coefficient (Wildman–Crippen LogP) is 2.37. The Morgan fingerprint density at radius 3 is 2.45 bits per heavy atom. The monoisotopic (exact) mass is 427 g/mol. The number of nitrogens with one attached hydrogen (secondary N) is 1. The van der Waals surface area contributed by atoms with E-state index in [1.165, 1.54) is 37.4 Å². The molecule has 31 heavy (non-hydrogen) atoms. The third kappa shape index (κ3) is 4.15. The predicted molar refractivity (Wildman–Crippen MR) is 108 cm³/mol. The van der Waals surface area contributed by atoms with Crippen LogP contribution in [0.2, 0.25) is 0 Å². The van der Waals surface area contributed by atoms with Gasteiger partial charge in [0.25, 0.3) is 11.8 Å². The quantitative estimate of drug-likeness (QED) is 0.309. The van der Waals surface area contributed by atoms with Crippen LogP contribution in [-0.2, 0) is 9.59 Å². The molecule has 1 heterocycles. The van der Waals surface area contributed by atoms with Crippen LogP contribution in [0.5, 0.6) is 17.2 Å². The Kier molecular flexibility index (Phi) is 5.86. The highest BCUT2D eigenvalue weighted by atomic mass is 16.6. The van der Waals surface area contributed by atoms with Gasteiger partial charge in [-0.25, -0.2) is 9.69 Å². The Morgan fingerprint density at radius 2 is 1.87 bits per heavy atom. The van der Waals surface area contributed by atoms with Crippen molar-refractivity contribution in [2.24, 2.45) is 0 Å². The molecule has 0 unspecified atom stereocenters. The molecule has 0 radical (unpaired) electrons. The van der Waals surface area contributed by atoms with E-state index >= 15 is 0 Å². The van der Waals surface area contributed by atoms with E-state index in [-0.39, 0.29) is 23.6 Å². The molecular formula is C20H17N3O8. The van der Waals surface area contributed by atoms with Crippen LogP contribution in [0, 0.1) is 10.1 Å². The number of hydrogen-bond acceptors (Lipinski definition) is 8. The number of benzene rings is 2. The van der Waals surface area contributed by atoms with Crippen LogP contribution in [0.1, 0.15) is 12.5 Å². The highest BCUT2D eigenvalue weighted by molar-refractivity contribution is 6.39. The summed E-state index contributed by atoms with van der Waals surface area (Å²) in [5.41, 5.74) is -0.855. The molecule has 1 aliphatic rings. The van der Waals surface area contributed by atoms with Gasteiger partial charge in [-0.05, 0) is 48.9 Å². The maximum atomic E-state index is 12.9. The first-order chi connectivity index (χ1) is 14.8. The SMILES string of the molecule is CCOc1cc(/C=C2\C(=O)NC(=O)N(c3ccc(OC)cc3)C2=O)cc([N+](=O)[O-])c1O. The van der Waals surface area contributed by atoms with Crippen molar-refractivity contribution in [2.45, 2.75) is 6.92 Å². The third-order valence-electron chi connectivity index (χ3n) is 4.32. The summed E-state index contributed by atoms with van der Waals surface area (Å²) in [6.07, 6.45) is 1.08. The van der Waals surface area contributed by atoms with Crippen LogP contribution in [0.25, 0.3) is 6.08 Å². The van der Waals surface area contributed by atoms with Crippen LogP contribution < -0.4 is 19.7 Å². The summed E-state index contributed by atoms with van der Waals surface area (Å²) < 4.78 is 10.2. The van der Waals surface area contributed by atoms with E-state index in [0.29, 0.717) is 5.75 Å². The fourth-order valence-electron chi connectivity index (χ4n) is 2.89. The van der Waals surface area contributed by atoms with Crippen molar-refractivity contribution in [1.29, 1.82) is 0 Å². The molecule has 2 aromatic carbocycles. The zero-order chi connectivity index (χ0) is 22.7. The number of imide groups is 2. The van der Waals surface area contributed by atoms with Crippen LogP contribution >= 0.6 is 0 Å². The molecule has 0 aromatic heterocycles. The Hall–Kier alpha value is -4.41. The number of carbonyl (C=O) groups excluding carboxylic acids is 3. The van der Waals surface area contributed by atoms with Gasteiger partial charge in [0.1, 0.15) is 11.3 Å². The van der Waals surface area contributed by atoms with Crippen molar-refractivity contribution in [2.75, 3.05) is 18.6 Å². The number of phenolic OH excluding ortho intramolecular Hbond substituents is 1. The van der Waals surface area contributed by atoms with E-state index in [4.69, 9.17) is 9.47 Å². The molecule has 4 amide bonds. The van der Waals surface area contributed by atoms with E-state index in [1.807, 2.05) is 0 Å². The number of nitro groups is 1. The zero-order valence-electron chi connectivity index (χ0n) is 16.4. The van der Waals surface area contributed by atoms with Crippen LogP contribution in [-0.4, -0.2) is 41.6 Å². The number of rotatable bonds is 6. The average molecular weight is 427 g/mol. The number of amides is 4. The van der Waals surface area contributed by atoms with Crippen molar-refractivity contribution in [3.8, 4) is 17.2 Å². The molecule has 0 spiro atoms. The highest BCUT2D eigenvalue weighted by Gasteiger charge is 2.37. The summed E-state index contributed by atoms with van der Waals surface area (Å²) in [7, 11) is 1.46. The number of barbiturate groups is 1. The smallest absolute Gasteiger partial charge is 0.335 e. The summed E-state index contributed by atoms with van der Waals surface area (Å²) >= 11 is 0. The second-order valence-electron chi connectivity index (χ2n) is 6.23. The second-order valence-corrected chi connectivity index (χ2v) is 6.23. The minimum Gasteiger partial charge on any atom is -0.500 e. The third-order valence-corrected chi connectivity index (χ3v) is 4.32. The number of methoxy groups -OCH3 is 1. The Bertz CT molecular complexity index is 1110. The van der Waals surface area contributed by atoms with Gasteiger partial charge in [-0.15, -0.1) is 0 Å². The van der Waals surface area contributed by atoms with Gasteiger partial charge >= 0.3 is 11.7 Å². The van der Waals surface area contributed by atoms with Crippen molar-refractivity contribution in [3.63, 3.8) is 0 Å². The van der Waals surface area contributed by atoms with E-state index in [9.17, 15) is 29.6 Å². The summed E-state index contributed by atoms with van der Waals surface area (Å²) in [4.78, 5) is 48.7. The number of anilines is 1. The average Bonchev–Trinajstić information content (AvgIpc) is 2.73. The minimum atomic E-state index is -0.964. The van der Waals surface area contributed by atoms with Crippen LogP contribution in [0.3, 0.4) is 0 Å². The van der Waals surface area contributed by atoms with Gasteiger partial charge in [0.2, 0.25) is 5.75 Å². The van der Waals surface area contributed by atoms with Gasteiger partial charge in [0.15, 0.2) is 5.75 Å². The Labute approximate surface area is 175 Å². The fourth-order valence-corrected chi connectivity index (χ4v) is 2.89. The first kappa shape index (κ1) is 21.3. The molecule has 1 aliphatic heterocycles. The molecule has 160 valence electrons. The number of nitrogens with zero attached hydrogens (tertiary/aromatic N) is 2. The first-order valence-corrected chi connectivity index (χ1v) is 8.96. The maximum absolute atomic E-state index is 12.9. The largest absolute Gasteiger partial charge is 0.500 e. The standard InChI is InChI=1S/C20H17N3O8/c1-3-31-16-10-11(9-15(17(16)24)23(28)29)8-14-18(25)21-20(27)22(19(14)26)12-4-6-13(30-2)7-5-12/h4-10,24H,3H2,1-2H3,(H,21,25,27)/b14-8+. The van der Waals surface area contributed by atoms with Crippen LogP contribution in [0.4, 0.5) is 16.2 Å². The van der Waals surface area contributed by atoms with Gasteiger partial charge in [-0.3, -0.25) is 25.0 Å². The topological polar surface area (TPSA) is 148 Å². The molecule has 0 bridgehead atoms. The van der Waals surface area contributed by atoms with Crippen LogP contribution in [0.15, 0.2) is 42.0 Å². The number of hydrogen-bond donors (Lipinski definition) is 2. The molecule has 0 aliphatic carbocycles. The lowest BCUT2D eigenvalue weighted by atomic mass is 10.1. The zero-order valence-corrected chi connectivity index (χ0v) is 16.4. The van der Waals surface area contributed by atoms with Gasteiger partial charge in [-0.2, -0.15) is 0 Å². The molecule has 0 atom stereocenters. The molecule has 3 rings (SSSR count). The van der Waals surface area contributed by atoms with E-state index < -0.39 is 39.8 Å². The summed E-state index contributed by atoms with van der Waals surface area (Å²) in [5.74, 6) is -2.25. The Morgan fingerprint density at radius 1 is 1.19 bits per heavy atom. The number of ether oxygens (including phenoxy) is 2. The van der Waals surface area contributed by atoms with Gasteiger partial charge in [-0.1, -0.05) is 0 Å². The van der Waals surface area contributed by atoms with Crippen molar-refractivity contribution in [1.82, 2.24) is 5.32 Å². The summed E-state index contributed by atoms with van der Waals surface area (Å²) in [5, 5.41) is 23.3. The molecule has 1 fully saturated rings. The number of aromatic hydroxyl groups is 1. The highest BCUT2D eigenvalue weighted by Crippen LogP contribution is 2.38. The Balaban J connectivity index is 2.06. The molecule has 11 nitrogen and oxygen atoms in total. The van der Waals surface area contributed by atoms with Gasteiger partial charge < -0.3 is 14.6 Å². The fraction of sp³-hybridized carbons (Fsp3) is 0.150. The number of phenols is 1. The molecule has 2 N–H and O–H groups in total. The summed E-state index contributed by atoms with van der Waals surface area (Å²) in [6, 6.07) is 7.28. The van der Waals surface area contributed by atoms with Crippen molar-refractivity contribution >= 4 is 35.3 Å². The molecule has 0 saturated carbocycles. The maximum Gasteiger partial charge on any atom is 0.335 e. The minimum absolute atomic E-state index is 0.0514.